The van der Waals surface area contributed by atoms with Crippen LogP contribution in [0.4, 0.5) is 5.69 Å². The monoisotopic (exact) mass is 409 g/mol. The first-order chi connectivity index (χ1) is 13.9. The third-order valence-electron chi connectivity index (χ3n) is 3.80. The minimum atomic E-state index is -1.38. The number of hydrogen-bond donors (Lipinski definition) is 2. The normalized spacial score (nSPS) is 11.0. The van der Waals surface area contributed by atoms with Crippen LogP contribution < -0.4 is 15.7 Å². The quantitative estimate of drug-likeness (QED) is 0.608. The molecule has 0 spiro atoms. The number of carbonyl (C=O) groups is 3. The van der Waals surface area contributed by atoms with Crippen LogP contribution in [0.15, 0.2) is 77.0 Å². The summed E-state index contributed by atoms with van der Waals surface area (Å²) in [7, 11) is 0. The van der Waals surface area contributed by atoms with Crippen molar-refractivity contribution in [1.29, 1.82) is 0 Å². The van der Waals surface area contributed by atoms with Crippen LogP contribution in [0.2, 0.25) is 5.02 Å². The van der Waals surface area contributed by atoms with E-state index in [1.54, 1.807) is 30.3 Å². The number of furan rings is 1. The maximum absolute atomic E-state index is 12.7. The van der Waals surface area contributed by atoms with Gasteiger partial charge in [0.15, 0.2) is 0 Å². The molecule has 2 aromatic carbocycles. The number of anilines is 1. The number of carboxylic acids is 1. The minimum absolute atomic E-state index is 0.0977. The maximum atomic E-state index is 12.7. The van der Waals surface area contributed by atoms with Gasteiger partial charge in [0.05, 0.1) is 22.8 Å². The largest absolute Gasteiger partial charge is 0.545 e. The van der Waals surface area contributed by atoms with E-state index in [0.29, 0.717) is 5.76 Å². The summed E-state index contributed by atoms with van der Waals surface area (Å²) in [5.41, 5.74) is 0.184. The zero-order valence-electron chi connectivity index (χ0n) is 14.8. The van der Waals surface area contributed by atoms with Crippen LogP contribution in [0, 0.1) is 0 Å². The fourth-order valence-electron chi connectivity index (χ4n) is 2.43. The highest BCUT2D eigenvalue weighted by Crippen LogP contribution is 2.17. The molecule has 0 unspecified atom stereocenters. The molecular weight excluding hydrogens is 396 g/mol. The summed E-state index contributed by atoms with van der Waals surface area (Å²) >= 11 is 6.04. The fraction of sp³-hybridized carbons (Fsp3) is 0. The molecule has 2 N–H and O–H groups in total. The van der Waals surface area contributed by atoms with E-state index in [1.807, 2.05) is 0 Å². The Kier molecular flexibility index (Phi) is 6.11. The van der Waals surface area contributed by atoms with Gasteiger partial charge in [-0.15, -0.1) is 0 Å². The zero-order valence-corrected chi connectivity index (χ0v) is 15.6. The molecule has 0 radical (unpaired) electrons. The Labute approximate surface area is 170 Å². The van der Waals surface area contributed by atoms with E-state index in [9.17, 15) is 19.5 Å². The average Bonchev–Trinajstić information content (AvgIpc) is 3.21. The van der Waals surface area contributed by atoms with Crippen LogP contribution in [0.5, 0.6) is 0 Å². The molecule has 0 aliphatic carbocycles. The highest BCUT2D eigenvalue weighted by molar-refractivity contribution is 6.34. The molecule has 1 heterocycles. The first kappa shape index (κ1) is 19.9. The fourth-order valence-corrected chi connectivity index (χ4v) is 2.65. The summed E-state index contributed by atoms with van der Waals surface area (Å²) in [6.07, 6.45) is 2.76. The molecule has 0 fully saturated rings. The number of carbonyl (C=O) groups excluding carboxylic acids is 3. The Balaban J connectivity index is 1.87. The molecule has 3 aromatic rings. The summed E-state index contributed by atoms with van der Waals surface area (Å²) < 4.78 is 5.21. The molecular formula is C21H14ClN2O5-. The topological polar surface area (TPSA) is 111 Å². The third kappa shape index (κ3) is 5.12. The van der Waals surface area contributed by atoms with Crippen molar-refractivity contribution in [3.8, 4) is 0 Å². The van der Waals surface area contributed by atoms with Crippen molar-refractivity contribution in [3.63, 3.8) is 0 Å². The maximum Gasteiger partial charge on any atom is 0.272 e. The summed E-state index contributed by atoms with van der Waals surface area (Å²) in [5, 5.41) is 16.3. The molecule has 0 saturated heterocycles. The second-order valence-corrected chi connectivity index (χ2v) is 6.24. The van der Waals surface area contributed by atoms with Crippen LogP contribution in [0.25, 0.3) is 6.08 Å². The SMILES string of the molecule is O=C(Nc1cccc(C(=O)[O-])c1)/C(=C\c1ccco1)NC(=O)c1ccccc1Cl. The van der Waals surface area contributed by atoms with Gasteiger partial charge in [0, 0.05) is 11.8 Å². The molecule has 2 amide bonds. The molecule has 0 bridgehead atoms. The number of hydrogen-bond acceptors (Lipinski definition) is 5. The number of aromatic carboxylic acids is 1. The van der Waals surface area contributed by atoms with Crippen LogP contribution in [0.1, 0.15) is 26.5 Å². The van der Waals surface area contributed by atoms with Crippen LogP contribution in [0.3, 0.4) is 0 Å². The van der Waals surface area contributed by atoms with Crippen LogP contribution >= 0.6 is 11.6 Å². The van der Waals surface area contributed by atoms with Gasteiger partial charge in [-0.1, -0.05) is 35.9 Å². The number of nitrogens with one attached hydrogen (secondary N) is 2. The van der Waals surface area contributed by atoms with Crippen molar-refractivity contribution in [2.24, 2.45) is 0 Å². The van der Waals surface area contributed by atoms with E-state index in [-0.39, 0.29) is 27.5 Å². The summed E-state index contributed by atoms with van der Waals surface area (Å²) in [6, 6.07) is 15.2. The second kappa shape index (κ2) is 8.90. The Bertz CT molecular complexity index is 1090. The zero-order chi connectivity index (χ0) is 20.8. The Hall–Kier alpha value is -3.84. The van der Waals surface area contributed by atoms with Gasteiger partial charge in [0.1, 0.15) is 11.5 Å². The lowest BCUT2D eigenvalue weighted by molar-refractivity contribution is -0.255. The molecule has 0 atom stereocenters. The van der Waals surface area contributed by atoms with Gasteiger partial charge in [0.2, 0.25) is 0 Å². The molecule has 0 aliphatic rings. The Morgan fingerprint density at radius 2 is 1.79 bits per heavy atom. The first-order valence-corrected chi connectivity index (χ1v) is 8.75. The lowest BCUT2D eigenvalue weighted by Gasteiger charge is -2.12. The predicted molar refractivity (Wildman–Crippen MR) is 105 cm³/mol. The number of benzene rings is 2. The standard InChI is InChI=1S/C21H15ClN2O5/c22-17-9-2-1-8-16(17)19(25)24-18(12-15-7-4-10-29-15)20(26)23-14-6-3-5-13(11-14)21(27)28/h1-12H,(H,23,26)(H,24,25)(H,27,28)/p-1/b18-12+. The van der Waals surface area contributed by atoms with Crippen molar-refractivity contribution < 1.29 is 23.9 Å². The lowest BCUT2D eigenvalue weighted by Crippen LogP contribution is -2.31. The lowest BCUT2D eigenvalue weighted by atomic mass is 10.2. The number of amides is 2. The van der Waals surface area contributed by atoms with Crippen molar-refractivity contribution in [2.45, 2.75) is 0 Å². The average molecular weight is 410 g/mol. The van der Waals surface area contributed by atoms with Gasteiger partial charge in [-0.2, -0.15) is 0 Å². The van der Waals surface area contributed by atoms with Crippen molar-refractivity contribution >= 4 is 41.1 Å². The highest BCUT2D eigenvalue weighted by Gasteiger charge is 2.17. The molecule has 0 aliphatic heterocycles. The number of halogens is 1. The summed E-state index contributed by atoms with van der Waals surface area (Å²) in [4.78, 5) is 36.3. The van der Waals surface area contributed by atoms with E-state index in [1.165, 1.54) is 42.7 Å². The van der Waals surface area contributed by atoms with E-state index < -0.39 is 17.8 Å². The van der Waals surface area contributed by atoms with Crippen molar-refractivity contribution in [3.05, 3.63) is 94.5 Å². The molecule has 146 valence electrons. The first-order valence-electron chi connectivity index (χ1n) is 8.38. The molecule has 3 rings (SSSR count). The van der Waals surface area contributed by atoms with Crippen molar-refractivity contribution in [1.82, 2.24) is 5.32 Å². The Morgan fingerprint density at radius 1 is 1.00 bits per heavy atom. The number of rotatable bonds is 6. The molecule has 0 saturated carbocycles. The van der Waals surface area contributed by atoms with Gasteiger partial charge in [0.25, 0.3) is 11.8 Å². The van der Waals surface area contributed by atoms with E-state index >= 15 is 0 Å². The van der Waals surface area contributed by atoms with Crippen LogP contribution in [-0.2, 0) is 4.79 Å². The smallest absolute Gasteiger partial charge is 0.272 e. The van der Waals surface area contributed by atoms with Gasteiger partial charge >= 0.3 is 0 Å². The van der Waals surface area contributed by atoms with E-state index in [0.717, 1.165) is 0 Å². The van der Waals surface area contributed by atoms with E-state index in [2.05, 4.69) is 10.6 Å². The summed E-state index contributed by atoms with van der Waals surface area (Å²) in [5.74, 6) is -2.32. The van der Waals surface area contributed by atoms with Gasteiger partial charge in [-0.25, -0.2) is 0 Å². The van der Waals surface area contributed by atoms with Gasteiger partial charge in [-0.3, -0.25) is 9.59 Å². The summed E-state index contributed by atoms with van der Waals surface area (Å²) in [6.45, 7) is 0. The number of carboxylic acid groups (broad SMARTS) is 1. The third-order valence-corrected chi connectivity index (χ3v) is 4.13. The molecule has 1 aromatic heterocycles. The molecule has 7 nitrogen and oxygen atoms in total. The Morgan fingerprint density at radius 3 is 2.48 bits per heavy atom. The predicted octanol–water partition coefficient (Wildman–Crippen LogP) is 2.71. The van der Waals surface area contributed by atoms with Gasteiger partial charge < -0.3 is 25.0 Å². The molecule has 8 heteroatoms. The highest BCUT2D eigenvalue weighted by atomic mass is 35.5. The molecule has 29 heavy (non-hydrogen) atoms. The van der Waals surface area contributed by atoms with Crippen LogP contribution in [-0.4, -0.2) is 17.8 Å². The van der Waals surface area contributed by atoms with Crippen molar-refractivity contribution in [2.75, 3.05) is 5.32 Å². The minimum Gasteiger partial charge on any atom is -0.545 e. The van der Waals surface area contributed by atoms with Gasteiger partial charge in [-0.05, 0) is 42.0 Å². The van der Waals surface area contributed by atoms with E-state index in [4.69, 9.17) is 16.0 Å². The second-order valence-electron chi connectivity index (χ2n) is 5.83.